The van der Waals surface area contributed by atoms with Gasteiger partial charge in [0.15, 0.2) is 0 Å². The van der Waals surface area contributed by atoms with Crippen molar-refractivity contribution in [1.82, 2.24) is 0 Å². The van der Waals surface area contributed by atoms with Gasteiger partial charge < -0.3 is 15.4 Å². The van der Waals surface area contributed by atoms with E-state index in [-0.39, 0.29) is 5.91 Å². The second kappa shape index (κ2) is 8.06. The lowest BCUT2D eigenvalue weighted by Gasteiger charge is -2.12. The average Bonchev–Trinajstić information content (AvgIpc) is 2.92. The van der Waals surface area contributed by atoms with Gasteiger partial charge in [0.05, 0.1) is 17.1 Å². The molecule has 22 heavy (non-hydrogen) atoms. The molecule has 0 fully saturated rings. The molecule has 0 radical (unpaired) electrons. The second-order valence-electron chi connectivity index (χ2n) is 4.77. The quantitative estimate of drug-likeness (QED) is 0.765. The molecule has 0 saturated carbocycles. The summed E-state index contributed by atoms with van der Waals surface area (Å²) in [6.45, 7) is 2.67. The molecule has 0 saturated heterocycles. The molecule has 6 heteroatoms. The fourth-order valence-electron chi connectivity index (χ4n) is 1.98. The summed E-state index contributed by atoms with van der Waals surface area (Å²) in [5.41, 5.74) is 1.61. The SMILES string of the molecule is CCCC(=O)Nc1ccc(NCc2ccc(Cl)s2)cc1OC. The fourth-order valence-corrected chi connectivity index (χ4v) is 3.01. The maximum absolute atomic E-state index is 11.7. The van der Waals surface area contributed by atoms with Crippen LogP contribution < -0.4 is 15.4 Å². The molecule has 0 aliphatic carbocycles. The predicted octanol–water partition coefficient (Wildman–Crippen LogP) is 4.76. The van der Waals surface area contributed by atoms with Gasteiger partial charge >= 0.3 is 0 Å². The number of carbonyl (C=O) groups excluding carboxylic acids is 1. The second-order valence-corrected chi connectivity index (χ2v) is 6.57. The Kier molecular flexibility index (Phi) is 6.10. The summed E-state index contributed by atoms with van der Waals surface area (Å²) < 4.78 is 6.13. The molecule has 1 aromatic heterocycles. The third kappa shape index (κ3) is 4.64. The third-order valence-electron chi connectivity index (χ3n) is 3.05. The molecule has 0 spiro atoms. The summed E-state index contributed by atoms with van der Waals surface area (Å²) in [6.07, 6.45) is 1.32. The Labute approximate surface area is 139 Å². The van der Waals surface area contributed by atoms with Gasteiger partial charge in [-0.2, -0.15) is 0 Å². The van der Waals surface area contributed by atoms with Crippen LogP contribution in [0.25, 0.3) is 0 Å². The molecule has 118 valence electrons. The maximum atomic E-state index is 11.7. The number of rotatable bonds is 7. The lowest BCUT2D eigenvalue weighted by molar-refractivity contribution is -0.116. The number of amides is 1. The van der Waals surface area contributed by atoms with Gasteiger partial charge in [-0.05, 0) is 30.7 Å². The van der Waals surface area contributed by atoms with Gasteiger partial charge in [0, 0.05) is 29.6 Å². The average molecular weight is 339 g/mol. The topological polar surface area (TPSA) is 50.4 Å². The summed E-state index contributed by atoms with van der Waals surface area (Å²) in [7, 11) is 1.59. The van der Waals surface area contributed by atoms with Crippen LogP contribution in [-0.4, -0.2) is 13.0 Å². The van der Waals surface area contributed by atoms with Crippen LogP contribution in [0.2, 0.25) is 4.34 Å². The molecule has 0 aliphatic rings. The van der Waals surface area contributed by atoms with Crippen molar-refractivity contribution in [1.29, 1.82) is 0 Å². The number of ether oxygens (including phenoxy) is 1. The van der Waals surface area contributed by atoms with Gasteiger partial charge in [-0.1, -0.05) is 18.5 Å². The van der Waals surface area contributed by atoms with E-state index in [1.54, 1.807) is 18.4 Å². The predicted molar refractivity (Wildman–Crippen MR) is 93.2 cm³/mol. The Hall–Kier alpha value is -1.72. The van der Waals surface area contributed by atoms with Crippen molar-refractivity contribution in [3.05, 3.63) is 39.5 Å². The first kappa shape index (κ1) is 16.6. The summed E-state index contributed by atoms with van der Waals surface area (Å²) in [6, 6.07) is 9.51. The van der Waals surface area contributed by atoms with Gasteiger partial charge in [-0.15, -0.1) is 11.3 Å². The summed E-state index contributed by atoms with van der Waals surface area (Å²) in [5, 5.41) is 6.17. The van der Waals surface area contributed by atoms with Crippen molar-refractivity contribution >= 4 is 40.2 Å². The van der Waals surface area contributed by atoms with Gasteiger partial charge in [-0.3, -0.25) is 4.79 Å². The molecule has 1 heterocycles. The van der Waals surface area contributed by atoms with E-state index in [2.05, 4.69) is 10.6 Å². The van der Waals surface area contributed by atoms with Crippen molar-refractivity contribution in [3.63, 3.8) is 0 Å². The number of hydrogen-bond acceptors (Lipinski definition) is 4. The Morgan fingerprint density at radius 2 is 2.14 bits per heavy atom. The number of anilines is 2. The van der Waals surface area contributed by atoms with Crippen LogP contribution in [0.3, 0.4) is 0 Å². The van der Waals surface area contributed by atoms with E-state index in [1.807, 2.05) is 37.3 Å². The van der Waals surface area contributed by atoms with E-state index in [0.29, 0.717) is 24.4 Å². The molecular weight excluding hydrogens is 320 g/mol. The number of thiophene rings is 1. The molecule has 1 amide bonds. The minimum absolute atomic E-state index is 0.00487. The van der Waals surface area contributed by atoms with E-state index in [1.165, 1.54) is 0 Å². The summed E-state index contributed by atoms with van der Waals surface area (Å²) in [4.78, 5) is 12.8. The van der Waals surface area contributed by atoms with Crippen LogP contribution in [0.4, 0.5) is 11.4 Å². The first-order valence-electron chi connectivity index (χ1n) is 7.08. The van der Waals surface area contributed by atoms with Gasteiger partial charge in [0.1, 0.15) is 5.75 Å². The van der Waals surface area contributed by atoms with E-state index < -0.39 is 0 Å². The highest BCUT2D eigenvalue weighted by Gasteiger charge is 2.08. The lowest BCUT2D eigenvalue weighted by atomic mass is 10.2. The Balaban J connectivity index is 2.03. The Morgan fingerprint density at radius 3 is 2.77 bits per heavy atom. The Bertz CT molecular complexity index is 643. The minimum Gasteiger partial charge on any atom is -0.494 e. The van der Waals surface area contributed by atoms with Crippen molar-refractivity contribution < 1.29 is 9.53 Å². The number of hydrogen-bond donors (Lipinski definition) is 2. The lowest BCUT2D eigenvalue weighted by Crippen LogP contribution is -2.11. The smallest absolute Gasteiger partial charge is 0.224 e. The van der Waals surface area contributed by atoms with Crippen molar-refractivity contribution in [2.24, 2.45) is 0 Å². The van der Waals surface area contributed by atoms with Crippen LogP contribution in [0.15, 0.2) is 30.3 Å². The zero-order chi connectivity index (χ0) is 15.9. The molecule has 0 unspecified atom stereocenters. The maximum Gasteiger partial charge on any atom is 0.224 e. The third-order valence-corrected chi connectivity index (χ3v) is 4.28. The van der Waals surface area contributed by atoms with Crippen LogP contribution in [-0.2, 0) is 11.3 Å². The van der Waals surface area contributed by atoms with Gasteiger partial charge in [-0.25, -0.2) is 0 Å². The number of nitrogens with one attached hydrogen (secondary N) is 2. The highest BCUT2D eigenvalue weighted by Crippen LogP contribution is 2.29. The molecule has 2 N–H and O–H groups in total. The van der Waals surface area contributed by atoms with E-state index in [4.69, 9.17) is 16.3 Å². The van der Waals surface area contributed by atoms with Gasteiger partial charge in [0.25, 0.3) is 0 Å². The normalized spacial score (nSPS) is 10.3. The van der Waals surface area contributed by atoms with Crippen LogP contribution in [0.5, 0.6) is 5.75 Å². The number of halogens is 1. The fraction of sp³-hybridized carbons (Fsp3) is 0.312. The highest BCUT2D eigenvalue weighted by atomic mass is 35.5. The van der Waals surface area contributed by atoms with Crippen molar-refractivity contribution in [2.75, 3.05) is 17.7 Å². The molecule has 0 aliphatic heterocycles. The minimum atomic E-state index is -0.00487. The first-order valence-corrected chi connectivity index (χ1v) is 8.27. The summed E-state index contributed by atoms with van der Waals surface area (Å²) in [5.74, 6) is 0.633. The van der Waals surface area contributed by atoms with Crippen molar-refractivity contribution in [3.8, 4) is 5.75 Å². The van der Waals surface area contributed by atoms with Gasteiger partial charge in [0.2, 0.25) is 5.91 Å². The zero-order valence-corrected chi connectivity index (χ0v) is 14.2. The standard InChI is InChI=1S/C16H19ClN2O2S/c1-3-4-16(20)19-13-7-5-11(9-14(13)21-2)18-10-12-6-8-15(17)22-12/h5-9,18H,3-4,10H2,1-2H3,(H,19,20). The highest BCUT2D eigenvalue weighted by molar-refractivity contribution is 7.16. The molecule has 2 aromatic rings. The van der Waals surface area contributed by atoms with E-state index in [0.717, 1.165) is 21.3 Å². The first-order chi connectivity index (χ1) is 10.6. The molecular formula is C16H19ClN2O2S. The summed E-state index contributed by atoms with van der Waals surface area (Å²) >= 11 is 7.46. The van der Waals surface area contributed by atoms with Crippen LogP contribution in [0, 0.1) is 0 Å². The van der Waals surface area contributed by atoms with Crippen LogP contribution in [0.1, 0.15) is 24.6 Å². The monoisotopic (exact) mass is 338 g/mol. The largest absolute Gasteiger partial charge is 0.494 e. The Morgan fingerprint density at radius 1 is 1.32 bits per heavy atom. The van der Waals surface area contributed by atoms with Crippen molar-refractivity contribution in [2.45, 2.75) is 26.3 Å². The van der Waals surface area contributed by atoms with E-state index >= 15 is 0 Å². The number of benzene rings is 1. The van der Waals surface area contributed by atoms with E-state index in [9.17, 15) is 4.79 Å². The molecule has 0 bridgehead atoms. The number of carbonyl (C=O) groups is 1. The molecule has 2 rings (SSSR count). The zero-order valence-electron chi connectivity index (χ0n) is 12.6. The van der Waals surface area contributed by atoms with Crippen LogP contribution >= 0.6 is 22.9 Å². The molecule has 4 nitrogen and oxygen atoms in total. The molecule has 1 aromatic carbocycles. The molecule has 0 atom stereocenters. The number of methoxy groups -OCH3 is 1.